The number of piperidine rings is 1. The Labute approximate surface area is 209 Å². The van der Waals surface area contributed by atoms with Gasteiger partial charge >= 0.3 is 12.0 Å². The van der Waals surface area contributed by atoms with Gasteiger partial charge in [-0.1, -0.05) is 36.4 Å². The molecule has 1 atom stereocenters. The summed E-state index contributed by atoms with van der Waals surface area (Å²) in [6, 6.07) is 11.7. The molecule has 2 aromatic heterocycles. The first-order valence-electron chi connectivity index (χ1n) is 11.9. The molecule has 36 heavy (non-hydrogen) atoms. The van der Waals surface area contributed by atoms with E-state index < -0.39 is 18.0 Å². The maximum absolute atomic E-state index is 13.1. The van der Waals surface area contributed by atoms with Gasteiger partial charge in [-0.2, -0.15) is 0 Å². The predicted molar refractivity (Wildman–Crippen MR) is 137 cm³/mol. The van der Waals surface area contributed by atoms with E-state index in [1.807, 2.05) is 41.3 Å². The Bertz CT molecular complexity index is 1280. The Morgan fingerprint density at radius 3 is 2.64 bits per heavy atom. The minimum Gasteiger partial charge on any atom is -0.467 e. The van der Waals surface area contributed by atoms with Gasteiger partial charge in [0.15, 0.2) is 11.5 Å². The summed E-state index contributed by atoms with van der Waals surface area (Å²) in [5, 5.41) is 5.69. The summed E-state index contributed by atoms with van der Waals surface area (Å²) >= 11 is 0. The molecule has 188 valence electrons. The van der Waals surface area contributed by atoms with E-state index in [1.165, 1.54) is 7.11 Å². The van der Waals surface area contributed by atoms with Crippen molar-refractivity contribution >= 4 is 29.0 Å². The summed E-state index contributed by atoms with van der Waals surface area (Å²) in [6.45, 7) is 5.19. The summed E-state index contributed by atoms with van der Waals surface area (Å²) < 4.78 is 6.44. The third-order valence-corrected chi connectivity index (χ3v) is 6.20. The second-order valence-electron chi connectivity index (χ2n) is 8.63. The fraction of sp³-hybridized carbons (Fsp3) is 0.346. The minimum atomic E-state index is -0.795. The van der Waals surface area contributed by atoms with Crippen LogP contribution in [0.2, 0.25) is 0 Å². The Morgan fingerprint density at radius 1 is 1.19 bits per heavy atom. The molecule has 1 aromatic carbocycles. The average molecular weight is 491 g/mol. The zero-order valence-electron chi connectivity index (χ0n) is 20.2. The number of pyridine rings is 1. The molecule has 1 saturated heterocycles. The normalized spacial score (nSPS) is 14.8. The number of fused-ring (bicyclic) bond motifs is 1. The summed E-state index contributed by atoms with van der Waals surface area (Å²) in [4.78, 5) is 48.9. The number of carbonyl (C=O) groups is 2. The fourth-order valence-electron chi connectivity index (χ4n) is 4.37. The zero-order valence-corrected chi connectivity index (χ0v) is 20.2. The molecule has 1 aliphatic heterocycles. The lowest BCUT2D eigenvalue weighted by molar-refractivity contribution is -0.142. The number of benzene rings is 1. The van der Waals surface area contributed by atoms with E-state index in [0.29, 0.717) is 55.9 Å². The molecule has 4 rings (SSSR count). The highest BCUT2D eigenvalue weighted by atomic mass is 16.5. The lowest BCUT2D eigenvalue weighted by atomic mass is 10.0. The maximum Gasteiger partial charge on any atom is 0.328 e. The van der Waals surface area contributed by atoms with Gasteiger partial charge in [-0.3, -0.25) is 9.36 Å². The van der Waals surface area contributed by atoms with Crippen LogP contribution in [0, 0.1) is 0 Å². The van der Waals surface area contributed by atoms with Crippen LogP contribution in [0.5, 0.6) is 0 Å². The lowest BCUT2D eigenvalue weighted by Crippen LogP contribution is -2.53. The number of hydrogen-bond acceptors (Lipinski definition) is 7. The molecule has 1 aliphatic rings. The van der Waals surface area contributed by atoms with Crippen LogP contribution < -0.4 is 21.1 Å². The molecule has 10 heteroatoms. The average Bonchev–Trinajstić information content (AvgIpc) is 2.90. The first-order valence-corrected chi connectivity index (χ1v) is 11.9. The first-order chi connectivity index (χ1) is 17.5. The van der Waals surface area contributed by atoms with Crippen LogP contribution in [-0.4, -0.2) is 58.8 Å². The monoisotopic (exact) mass is 490 g/mol. The van der Waals surface area contributed by atoms with Crippen molar-refractivity contribution in [3.63, 3.8) is 0 Å². The van der Waals surface area contributed by atoms with Crippen LogP contribution in [-0.2, 0) is 22.5 Å². The topological polar surface area (TPSA) is 118 Å². The van der Waals surface area contributed by atoms with Crippen molar-refractivity contribution in [2.45, 2.75) is 37.9 Å². The van der Waals surface area contributed by atoms with Crippen molar-refractivity contribution in [3.8, 4) is 0 Å². The Kier molecular flexibility index (Phi) is 7.94. The largest absolute Gasteiger partial charge is 0.467 e. The standard InChI is InChI=1S/C26H30N6O4/c1-3-14-32-22-20(10-7-13-27-22)29-23(24(32)33)31-15-11-19(12-16-31)28-26(35)30-21(25(34)36-2)17-18-8-5-4-6-9-18/h3-10,13,19,21H,1,11-12,14-17H2,2H3,(H2,28,30,35). The second kappa shape index (κ2) is 11.5. The Morgan fingerprint density at radius 2 is 1.94 bits per heavy atom. The van der Waals surface area contributed by atoms with Gasteiger partial charge < -0.3 is 20.3 Å². The number of nitrogens with zero attached hydrogens (tertiary/aromatic N) is 4. The smallest absolute Gasteiger partial charge is 0.328 e. The summed E-state index contributed by atoms with van der Waals surface area (Å²) in [7, 11) is 1.30. The number of esters is 1. The van der Waals surface area contributed by atoms with Crippen molar-refractivity contribution in [1.82, 2.24) is 25.2 Å². The molecule has 10 nitrogen and oxygen atoms in total. The molecular weight excluding hydrogens is 460 g/mol. The van der Waals surface area contributed by atoms with Crippen LogP contribution in [0.25, 0.3) is 11.2 Å². The van der Waals surface area contributed by atoms with E-state index in [0.717, 1.165) is 5.56 Å². The zero-order chi connectivity index (χ0) is 25.5. The SMILES string of the molecule is C=CCn1c(=O)c(N2CCC(NC(=O)NC(Cc3ccccc3)C(=O)OC)CC2)nc2cccnc21. The van der Waals surface area contributed by atoms with Crippen LogP contribution in [0.15, 0.2) is 66.1 Å². The number of urea groups is 1. The van der Waals surface area contributed by atoms with E-state index in [4.69, 9.17) is 4.74 Å². The highest BCUT2D eigenvalue weighted by molar-refractivity contribution is 5.84. The van der Waals surface area contributed by atoms with E-state index in [1.54, 1.807) is 22.9 Å². The first kappa shape index (κ1) is 24.9. The van der Waals surface area contributed by atoms with Crippen molar-refractivity contribution in [3.05, 3.63) is 77.2 Å². The third kappa shape index (κ3) is 5.70. The van der Waals surface area contributed by atoms with E-state index in [9.17, 15) is 14.4 Å². The highest BCUT2D eigenvalue weighted by Gasteiger charge is 2.27. The number of rotatable bonds is 8. The molecular formula is C26H30N6O4. The number of aromatic nitrogens is 3. The number of hydrogen-bond donors (Lipinski definition) is 2. The highest BCUT2D eigenvalue weighted by Crippen LogP contribution is 2.18. The minimum absolute atomic E-state index is 0.103. The van der Waals surface area contributed by atoms with Gasteiger partial charge in [0.25, 0.3) is 5.56 Å². The van der Waals surface area contributed by atoms with Gasteiger partial charge in [0.2, 0.25) is 0 Å². The molecule has 0 saturated carbocycles. The number of allylic oxidation sites excluding steroid dienone is 1. The molecule has 1 fully saturated rings. The van der Waals surface area contributed by atoms with E-state index in [2.05, 4.69) is 27.2 Å². The number of nitrogens with one attached hydrogen (secondary N) is 2. The maximum atomic E-state index is 13.1. The number of anilines is 1. The molecule has 3 aromatic rings. The van der Waals surface area contributed by atoms with Crippen molar-refractivity contribution < 1.29 is 14.3 Å². The van der Waals surface area contributed by atoms with Crippen LogP contribution in [0.3, 0.4) is 0 Å². The Balaban J connectivity index is 1.39. The van der Waals surface area contributed by atoms with Gasteiger partial charge in [0.1, 0.15) is 11.6 Å². The van der Waals surface area contributed by atoms with E-state index >= 15 is 0 Å². The van der Waals surface area contributed by atoms with Crippen molar-refractivity contribution in [2.24, 2.45) is 0 Å². The molecule has 2 amide bonds. The van der Waals surface area contributed by atoms with Gasteiger partial charge in [-0.05, 0) is 30.5 Å². The van der Waals surface area contributed by atoms with Gasteiger partial charge in [-0.15, -0.1) is 6.58 Å². The van der Waals surface area contributed by atoms with Crippen LogP contribution in [0.4, 0.5) is 10.6 Å². The Hall–Kier alpha value is -4.21. The summed E-state index contributed by atoms with van der Waals surface area (Å²) in [5.41, 5.74) is 1.87. The molecule has 0 aliphatic carbocycles. The van der Waals surface area contributed by atoms with Crippen molar-refractivity contribution in [2.75, 3.05) is 25.1 Å². The summed E-state index contributed by atoms with van der Waals surface area (Å²) in [6.07, 6.45) is 4.88. The fourth-order valence-corrected chi connectivity index (χ4v) is 4.37. The third-order valence-electron chi connectivity index (χ3n) is 6.20. The lowest BCUT2D eigenvalue weighted by Gasteiger charge is -2.33. The van der Waals surface area contributed by atoms with Gasteiger partial charge in [0, 0.05) is 38.3 Å². The molecule has 0 radical (unpaired) electrons. The van der Waals surface area contributed by atoms with Crippen LogP contribution in [0.1, 0.15) is 18.4 Å². The molecule has 1 unspecified atom stereocenters. The van der Waals surface area contributed by atoms with Gasteiger partial charge in [-0.25, -0.2) is 19.6 Å². The number of carbonyl (C=O) groups excluding carboxylic acids is 2. The van der Waals surface area contributed by atoms with Crippen molar-refractivity contribution in [1.29, 1.82) is 0 Å². The van der Waals surface area contributed by atoms with E-state index in [-0.39, 0.29) is 11.6 Å². The number of ether oxygens (including phenoxy) is 1. The number of amides is 2. The molecule has 0 spiro atoms. The molecule has 3 heterocycles. The quantitative estimate of drug-likeness (QED) is 0.366. The van der Waals surface area contributed by atoms with Crippen LogP contribution >= 0.6 is 0 Å². The summed E-state index contributed by atoms with van der Waals surface area (Å²) in [5.74, 6) is -0.134. The molecule has 2 N–H and O–H groups in total. The van der Waals surface area contributed by atoms with Gasteiger partial charge in [0.05, 0.1) is 7.11 Å². The molecule has 0 bridgehead atoms. The number of methoxy groups -OCH3 is 1. The predicted octanol–water partition coefficient (Wildman–Crippen LogP) is 2.03. The second-order valence-corrected chi connectivity index (χ2v) is 8.63.